The van der Waals surface area contributed by atoms with E-state index in [1.54, 1.807) is 29.3 Å². The predicted octanol–water partition coefficient (Wildman–Crippen LogP) is 2.57. The molecule has 4 rings (SSSR count). The van der Waals surface area contributed by atoms with Crippen molar-refractivity contribution in [2.75, 3.05) is 13.1 Å². The molecule has 0 unspecified atom stereocenters. The zero-order chi connectivity index (χ0) is 18.1. The average molecular weight is 371 g/mol. The van der Waals surface area contributed by atoms with E-state index in [-0.39, 0.29) is 22.2 Å². The maximum absolute atomic E-state index is 12.6. The summed E-state index contributed by atoms with van der Waals surface area (Å²) in [6, 6.07) is 9.98. The molecule has 26 heavy (non-hydrogen) atoms. The number of hydrogen-bond donors (Lipinski definition) is 1. The Morgan fingerprint density at radius 2 is 1.92 bits per heavy atom. The molecule has 2 aromatic heterocycles. The SMILES string of the molecule is O=C(c1cc(S(=O)(=O)Oc2cccc3cccnc23)c[nH]1)N1CCCC1. The molecule has 0 radical (unpaired) electrons. The summed E-state index contributed by atoms with van der Waals surface area (Å²) in [5, 5.41) is 0.777. The largest absolute Gasteiger partial charge is 0.377 e. The van der Waals surface area contributed by atoms with Gasteiger partial charge in [0.15, 0.2) is 5.75 Å². The van der Waals surface area contributed by atoms with Gasteiger partial charge in [-0.25, -0.2) is 0 Å². The first kappa shape index (κ1) is 16.6. The summed E-state index contributed by atoms with van der Waals surface area (Å²) in [5.41, 5.74) is 0.701. The van der Waals surface area contributed by atoms with Crippen molar-refractivity contribution in [3.8, 4) is 5.75 Å². The van der Waals surface area contributed by atoms with E-state index in [2.05, 4.69) is 9.97 Å². The molecule has 7 nitrogen and oxygen atoms in total. The van der Waals surface area contributed by atoms with Crippen LogP contribution in [0.2, 0.25) is 0 Å². The zero-order valence-corrected chi connectivity index (χ0v) is 14.7. The van der Waals surface area contributed by atoms with E-state index in [1.165, 1.54) is 12.3 Å². The molecule has 1 aromatic carbocycles. The lowest BCUT2D eigenvalue weighted by Crippen LogP contribution is -2.27. The van der Waals surface area contributed by atoms with Gasteiger partial charge in [-0.2, -0.15) is 8.42 Å². The normalized spacial score (nSPS) is 14.7. The van der Waals surface area contributed by atoms with Gasteiger partial charge >= 0.3 is 10.1 Å². The number of carbonyl (C=O) groups excluding carboxylic acids is 1. The van der Waals surface area contributed by atoms with Crippen LogP contribution in [0.4, 0.5) is 0 Å². The second-order valence-corrected chi connectivity index (χ2v) is 7.66. The molecule has 1 fully saturated rings. The number of nitrogens with one attached hydrogen (secondary N) is 1. The topological polar surface area (TPSA) is 92.4 Å². The number of pyridine rings is 1. The Kier molecular flexibility index (Phi) is 4.12. The van der Waals surface area contributed by atoms with Gasteiger partial charge < -0.3 is 14.1 Å². The molecular weight excluding hydrogens is 354 g/mol. The number of nitrogens with zero attached hydrogens (tertiary/aromatic N) is 2. The summed E-state index contributed by atoms with van der Waals surface area (Å²) >= 11 is 0. The minimum atomic E-state index is -4.08. The lowest BCUT2D eigenvalue weighted by Gasteiger charge is -2.13. The highest BCUT2D eigenvalue weighted by Gasteiger charge is 2.25. The molecule has 1 N–H and O–H groups in total. The van der Waals surface area contributed by atoms with Crippen LogP contribution in [0.3, 0.4) is 0 Å². The van der Waals surface area contributed by atoms with Gasteiger partial charge in [-0.05, 0) is 31.0 Å². The van der Waals surface area contributed by atoms with E-state index in [4.69, 9.17) is 4.18 Å². The van der Waals surface area contributed by atoms with Crippen LogP contribution in [0.1, 0.15) is 23.3 Å². The van der Waals surface area contributed by atoms with Crippen LogP contribution < -0.4 is 4.18 Å². The van der Waals surface area contributed by atoms with E-state index in [0.717, 1.165) is 18.2 Å². The molecule has 0 aliphatic carbocycles. The number of benzene rings is 1. The number of H-pyrrole nitrogens is 1. The van der Waals surface area contributed by atoms with E-state index >= 15 is 0 Å². The number of amides is 1. The predicted molar refractivity (Wildman–Crippen MR) is 95.5 cm³/mol. The fraction of sp³-hybridized carbons (Fsp3) is 0.222. The number of carbonyl (C=O) groups is 1. The number of likely N-dealkylation sites (tertiary alicyclic amines) is 1. The Labute approximate surface area is 150 Å². The second kappa shape index (κ2) is 6.45. The third-order valence-corrected chi connectivity index (χ3v) is 5.58. The average Bonchev–Trinajstić information content (AvgIpc) is 3.33. The van der Waals surface area contributed by atoms with Gasteiger partial charge in [0.25, 0.3) is 5.91 Å². The van der Waals surface area contributed by atoms with Crippen molar-refractivity contribution in [2.24, 2.45) is 0 Å². The Balaban J connectivity index is 1.62. The molecule has 0 saturated carbocycles. The van der Waals surface area contributed by atoms with Crippen LogP contribution in [-0.2, 0) is 10.1 Å². The molecule has 3 aromatic rings. The van der Waals surface area contributed by atoms with Gasteiger partial charge in [0.1, 0.15) is 16.1 Å². The fourth-order valence-electron chi connectivity index (χ4n) is 3.04. The smallest absolute Gasteiger partial charge is 0.340 e. The highest BCUT2D eigenvalue weighted by Crippen LogP contribution is 2.27. The maximum atomic E-state index is 12.6. The van der Waals surface area contributed by atoms with Gasteiger partial charge in [0.2, 0.25) is 0 Å². The third-order valence-electron chi connectivity index (χ3n) is 4.36. The molecule has 134 valence electrons. The first-order chi connectivity index (χ1) is 12.5. The summed E-state index contributed by atoms with van der Waals surface area (Å²) in [6.45, 7) is 1.39. The van der Waals surface area contributed by atoms with Crippen LogP contribution in [-0.4, -0.2) is 42.3 Å². The minimum Gasteiger partial charge on any atom is -0.377 e. The molecule has 1 aliphatic heterocycles. The van der Waals surface area contributed by atoms with Gasteiger partial charge in [-0.3, -0.25) is 9.78 Å². The Bertz CT molecular complexity index is 1060. The lowest BCUT2D eigenvalue weighted by molar-refractivity contribution is 0.0787. The number of para-hydroxylation sites is 1. The lowest BCUT2D eigenvalue weighted by atomic mass is 10.2. The van der Waals surface area contributed by atoms with Gasteiger partial charge in [-0.1, -0.05) is 18.2 Å². The maximum Gasteiger partial charge on any atom is 0.340 e. The van der Waals surface area contributed by atoms with Crippen LogP contribution in [0.25, 0.3) is 10.9 Å². The Morgan fingerprint density at radius 3 is 2.73 bits per heavy atom. The summed E-state index contributed by atoms with van der Waals surface area (Å²) in [6.07, 6.45) is 4.78. The first-order valence-electron chi connectivity index (χ1n) is 8.30. The summed E-state index contributed by atoms with van der Waals surface area (Å²) in [4.78, 5) is 20.9. The Morgan fingerprint density at radius 1 is 1.15 bits per heavy atom. The van der Waals surface area contributed by atoms with E-state index in [9.17, 15) is 13.2 Å². The van der Waals surface area contributed by atoms with Gasteiger partial charge in [0.05, 0.1) is 0 Å². The zero-order valence-electron chi connectivity index (χ0n) is 13.9. The van der Waals surface area contributed by atoms with Crippen molar-refractivity contribution in [1.82, 2.24) is 14.9 Å². The van der Waals surface area contributed by atoms with Crippen molar-refractivity contribution < 1.29 is 17.4 Å². The van der Waals surface area contributed by atoms with Crippen molar-refractivity contribution >= 4 is 26.9 Å². The number of rotatable bonds is 4. The monoisotopic (exact) mass is 371 g/mol. The Hall–Kier alpha value is -2.87. The highest BCUT2D eigenvalue weighted by atomic mass is 32.2. The minimum absolute atomic E-state index is 0.0898. The third kappa shape index (κ3) is 3.03. The van der Waals surface area contributed by atoms with Crippen LogP contribution in [0, 0.1) is 0 Å². The molecule has 3 heterocycles. The first-order valence-corrected chi connectivity index (χ1v) is 9.71. The fourth-order valence-corrected chi connectivity index (χ4v) is 3.98. The van der Waals surface area contributed by atoms with Crippen LogP contribution >= 0.6 is 0 Å². The molecule has 1 amide bonds. The molecule has 8 heteroatoms. The highest BCUT2D eigenvalue weighted by molar-refractivity contribution is 7.87. The van der Waals surface area contributed by atoms with Crippen molar-refractivity contribution in [3.63, 3.8) is 0 Å². The molecule has 1 saturated heterocycles. The van der Waals surface area contributed by atoms with E-state index in [1.807, 2.05) is 12.1 Å². The van der Waals surface area contributed by atoms with Gasteiger partial charge in [0, 0.05) is 30.9 Å². The standard InChI is InChI=1S/C18H17N3O4S/c22-18(21-9-1-2-10-21)15-11-14(12-20-15)26(23,24)25-16-7-3-5-13-6-4-8-19-17(13)16/h3-8,11-12,20H,1-2,9-10H2. The van der Waals surface area contributed by atoms with Crippen molar-refractivity contribution in [1.29, 1.82) is 0 Å². The molecule has 0 spiro atoms. The quantitative estimate of drug-likeness (QED) is 0.712. The summed E-state index contributed by atoms with van der Waals surface area (Å²) < 4.78 is 30.5. The number of aromatic amines is 1. The van der Waals surface area contributed by atoms with E-state index in [0.29, 0.717) is 18.6 Å². The number of fused-ring (bicyclic) bond motifs is 1. The molecule has 0 atom stereocenters. The number of hydrogen-bond acceptors (Lipinski definition) is 5. The second-order valence-electron chi connectivity index (χ2n) is 6.12. The number of aromatic nitrogens is 2. The van der Waals surface area contributed by atoms with E-state index < -0.39 is 10.1 Å². The summed E-state index contributed by atoms with van der Waals surface area (Å²) in [7, 11) is -4.08. The summed E-state index contributed by atoms with van der Waals surface area (Å²) in [5.74, 6) is -0.0486. The van der Waals surface area contributed by atoms with Crippen molar-refractivity contribution in [3.05, 3.63) is 54.5 Å². The van der Waals surface area contributed by atoms with Crippen LogP contribution in [0.15, 0.2) is 53.7 Å². The van der Waals surface area contributed by atoms with Gasteiger partial charge in [-0.15, -0.1) is 0 Å². The van der Waals surface area contributed by atoms with Crippen LogP contribution in [0.5, 0.6) is 5.75 Å². The molecular formula is C18H17N3O4S. The molecule has 0 bridgehead atoms. The molecule has 1 aliphatic rings. The van der Waals surface area contributed by atoms with Crippen molar-refractivity contribution in [2.45, 2.75) is 17.7 Å².